The van der Waals surface area contributed by atoms with Gasteiger partial charge in [0.15, 0.2) is 0 Å². The standard InChI is InChI=1S/C19H24N4O/c24-19(22-14-17-4-1-2-11-21-17)8-7-16-5-3-6-18(23-16)15-9-12-20-13-10-15/h1-6,11,15,20H,7-10,12-14H2,(H,22,24). The Morgan fingerprint density at radius 1 is 1.12 bits per heavy atom. The molecule has 3 heterocycles. The van der Waals surface area contributed by atoms with Crippen LogP contribution in [0.5, 0.6) is 0 Å². The Bertz CT molecular complexity index is 653. The molecule has 1 fully saturated rings. The van der Waals surface area contributed by atoms with E-state index in [1.165, 1.54) is 5.69 Å². The van der Waals surface area contributed by atoms with E-state index in [0.29, 0.717) is 25.3 Å². The molecule has 2 N–H and O–H groups in total. The Hall–Kier alpha value is -2.27. The van der Waals surface area contributed by atoms with Crippen LogP contribution in [0.25, 0.3) is 0 Å². The summed E-state index contributed by atoms with van der Waals surface area (Å²) in [6, 6.07) is 11.9. The number of hydrogen-bond acceptors (Lipinski definition) is 4. The molecular formula is C19H24N4O. The molecule has 1 saturated heterocycles. The number of hydrogen-bond donors (Lipinski definition) is 2. The number of nitrogens with zero attached hydrogens (tertiary/aromatic N) is 2. The zero-order valence-corrected chi connectivity index (χ0v) is 13.9. The van der Waals surface area contributed by atoms with Crippen molar-refractivity contribution in [2.75, 3.05) is 13.1 Å². The highest BCUT2D eigenvalue weighted by Gasteiger charge is 2.16. The third-order valence-corrected chi connectivity index (χ3v) is 4.39. The zero-order valence-electron chi connectivity index (χ0n) is 13.9. The van der Waals surface area contributed by atoms with Gasteiger partial charge in [-0.3, -0.25) is 14.8 Å². The van der Waals surface area contributed by atoms with Crippen molar-refractivity contribution in [1.82, 2.24) is 20.6 Å². The molecule has 24 heavy (non-hydrogen) atoms. The maximum Gasteiger partial charge on any atom is 0.220 e. The summed E-state index contributed by atoms with van der Waals surface area (Å²) in [4.78, 5) is 21.0. The Balaban J connectivity index is 1.48. The first-order valence-corrected chi connectivity index (χ1v) is 8.64. The number of aromatic nitrogens is 2. The number of amides is 1. The molecule has 2 aromatic heterocycles. The van der Waals surface area contributed by atoms with Crippen molar-refractivity contribution < 1.29 is 4.79 Å². The lowest BCUT2D eigenvalue weighted by Gasteiger charge is -2.22. The predicted octanol–water partition coefficient (Wildman–Crippen LogP) is 2.19. The molecule has 1 amide bonds. The van der Waals surface area contributed by atoms with E-state index in [4.69, 9.17) is 4.98 Å². The largest absolute Gasteiger partial charge is 0.350 e. The number of piperidine rings is 1. The van der Waals surface area contributed by atoms with Crippen molar-refractivity contribution in [1.29, 1.82) is 0 Å². The molecule has 0 aromatic carbocycles. The Kier molecular flexibility index (Phi) is 5.90. The van der Waals surface area contributed by atoms with Crippen LogP contribution >= 0.6 is 0 Å². The summed E-state index contributed by atoms with van der Waals surface area (Å²) in [5, 5.41) is 6.29. The average molecular weight is 324 g/mol. The second kappa shape index (κ2) is 8.55. The van der Waals surface area contributed by atoms with Gasteiger partial charge < -0.3 is 10.6 Å². The number of aryl methyl sites for hydroxylation is 1. The highest BCUT2D eigenvalue weighted by Crippen LogP contribution is 2.23. The van der Waals surface area contributed by atoms with Crippen LogP contribution in [0, 0.1) is 0 Å². The summed E-state index contributed by atoms with van der Waals surface area (Å²) in [7, 11) is 0. The van der Waals surface area contributed by atoms with E-state index in [1.807, 2.05) is 24.3 Å². The minimum atomic E-state index is 0.0368. The van der Waals surface area contributed by atoms with Gasteiger partial charge in [-0.1, -0.05) is 12.1 Å². The molecule has 0 spiro atoms. The van der Waals surface area contributed by atoms with E-state index in [1.54, 1.807) is 6.20 Å². The van der Waals surface area contributed by atoms with Gasteiger partial charge in [0, 0.05) is 29.9 Å². The fourth-order valence-corrected chi connectivity index (χ4v) is 3.00. The molecule has 1 aliphatic heterocycles. The molecule has 2 aromatic rings. The minimum Gasteiger partial charge on any atom is -0.350 e. The van der Waals surface area contributed by atoms with Crippen LogP contribution in [0.3, 0.4) is 0 Å². The van der Waals surface area contributed by atoms with Crippen LogP contribution < -0.4 is 10.6 Å². The molecule has 0 unspecified atom stereocenters. The van der Waals surface area contributed by atoms with Crippen molar-refractivity contribution in [3.05, 3.63) is 59.7 Å². The SMILES string of the molecule is O=C(CCc1cccc(C2CCNCC2)n1)NCc1ccccn1. The summed E-state index contributed by atoms with van der Waals surface area (Å²) < 4.78 is 0. The quantitative estimate of drug-likeness (QED) is 0.855. The van der Waals surface area contributed by atoms with E-state index in [9.17, 15) is 4.79 Å². The first-order valence-electron chi connectivity index (χ1n) is 8.64. The Morgan fingerprint density at radius 3 is 2.75 bits per heavy atom. The molecule has 5 heteroatoms. The van der Waals surface area contributed by atoms with Crippen LogP contribution in [-0.2, 0) is 17.8 Å². The smallest absolute Gasteiger partial charge is 0.220 e. The zero-order chi connectivity index (χ0) is 16.6. The van der Waals surface area contributed by atoms with Crippen LogP contribution in [-0.4, -0.2) is 29.0 Å². The lowest BCUT2D eigenvalue weighted by atomic mass is 9.94. The van der Waals surface area contributed by atoms with Gasteiger partial charge in [-0.25, -0.2) is 0 Å². The number of pyridine rings is 2. The Labute approximate surface area is 142 Å². The second-order valence-corrected chi connectivity index (χ2v) is 6.18. The molecule has 0 bridgehead atoms. The number of nitrogens with one attached hydrogen (secondary N) is 2. The van der Waals surface area contributed by atoms with Gasteiger partial charge in [-0.05, 0) is 56.6 Å². The highest BCUT2D eigenvalue weighted by molar-refractivity contribution is 5.76. The van der Waals surface area contributed by atoms with Gasteiger partial charge in [-0.2, -0.15) is 0 Å². The normalized spacial score (nSPS) is 15.2. The number of rotatable bonds is 6. The van der Waals surface area contributed by atoms with Crippen LogP contribution in [0.2, 0.25) is 0 Å². The van der Waals surface area contributed by atoms with Crippen LogP contribution in [0.15, 0.2) is 42.6 Å². The first-order chi connectivity index (χ1) is 11.8. The van der Waals surface area contributed by atoms with E-state index >= 15 is 0 Å². The molecule has 0 aliphatic carbocycles. The molecule has 5 nitrogen and oxygen atoms in total. The topological polar surface area (TPSA) is 66.9 Å². The summed E-state index contributed by atoms with van der Waals surface area (Å²) in [5.74, 6) is 0.582. The maximum atomic E-state index is 12.0. The Morgan fingerprint density at radius 2 is 1.96 bits per heavy atom. The first kappa shape index (κ1) is 16.6. The van der Waals surface area contributed by atoms with Crippen molar-refractivity contribution in [2.45, 2.75) is 38.1 Å². The monoisotopic (exact) mass is 324 g/mol. The van der Waals surface area contributed by atoms with E-state index < -0.39 is 0 Å². The molecule has 1 aliphatic rings. The summed E-state index contributed by atoms with van der Waals surface area (Å²) in [6.07, 6.45) is 5.14. The van der Waals surface area contributed by atoms with Crippen molar-refractivity contribution in [3.63, 3.8) is 0 Å². The lowest BCUT2D eigenvalue weighted by molar-refractivity contribution is -0.121. The summed E-state index contributed by atoms with van der Waals surface area (Å²) >= 11 is 0. The molecule has 3 rings (SSSR count). The molecule has 126 valence electrons. The molecule has 0 radical (unpaired) electrons. The van der Waals surface area contributed by atoms with Gasteiger partial charge >= 0.3 is 0 Å². The third-order valence-electron chi connectivity index (χ3n) is 4.39. The fourth-order valence-electron chi connectivity index (χ4n) is 3.00. The van der Waals surface area contributed by atoms with Crippen LogP contribution in [0.1, 0.15) is 42.3 Å². The number of carbonyl (C=O) groups is 1. The van der Waals surface area contributed by atoms with Gasteiger partial charge in [0.1, 0.15) is 0 Å². The molecular weight excluding hydrogens is 300 g/mol. The summed E-state index contributed by atoms with van der Waals surface area (Å²) in [6.45, 7) is 2.60. The van der Waals surface area contributed by atoms with Crippen LogP contribution in [0.4, 0.5) is 0 Å². The van der Waals surface area contributed by atoms with Gasteiger partial charge in [-0.15, -0.1) is 0 Å². The van der Waals surface area contributed by atoms with Crippen molar-refractivity contribution >= 4 is 5.91 Å². The van der Waals surface area contributed by atoms with E-state index in [0.717, 1.165) is 37.3 Å². The van der Waals surface area contributed by atoms with Crippen molar-refractivity contribution in [3.8, 4) is 0 Å². The number of carbonyl (C=O) groups excluding carboxylic acids is 1. The maximum absolute atomic E-state index is 12.0. The fraction of sp³-hybridized carbons (Fsp3) is 0.421. The summed E-state index contributed by atoms with van der Waals surface area (Å²) in [5.41, 5.74) is 3.04. The molecule has 0 atom stereocenters. The van der Waals surface area contributed by atoms with E-state index in [2.05, 4.69) is 27.8 Å². The van der Waals surface area contributed by atoms with Gasteiger partial charge in [0.05, 0.1) is 12.2 Å². The van der Waals surface area contributed by atoms with Gasteiger partial charge in [0.25, 0.3) is 0 Å². The van der Waals surface area contributed by atoms with Crippen molar-refractivity contribution in [2.24, 2.45) is 0 Å². The minimum absolute atomic E-state index is 0.0368. The molecule has 0 saturated carbocycles. The average Bonchev–Trinajstić information content (AvgIpc) is 2.66. The van der Waals surface area contributed by atoms with E-state index in [-0.39, 0.29) is 5.91 Å². The second-order valence-electron chi connectivity index (χ2n) is 6.18. The third kappa shape index (κ3) is 4.86. The van der Waals surface area contributed by atoms with Gasteiger partial charge in [0.2, 0.25) is 5.91 Å². The predicted molar refractivity (Wildman–Crippen MR) is 93.5 cm³/mol. The lowest BCUT2D eigenvalue weighted by Crippen LogP contribution is -2.27. The highest BCUT2D eigenvalue weighted by atomic mass is 16.1.